The molecule has 1 aromatic heterocycles. The van der Waals surface area contributed by atoms with Gasteiger partial charge in [0.15, 0.2) is 5.84 Å². The summed E-state index contributed by atoms with van der Waals surface area (Å²) in [4.78, 5) is 6.67. The Labute approximate surface area is 105 Å². The van der Waals surface area contributed by atoms with Gasteiger partial charge in [-0.3, -0.25) is 0 Å². The lowest BCUT2D eigenvalue weighted by Crippen LogP contribution is -2.41. The van der Waals surface area contributed by atoms with Crippen LogP contribution in [0.25, 0.3) is 0 Å². The highest BCUT2D eigenvalue weighted by Gasteiger charge is 2.20. The van der Waals surface area contributed by atoms with E-state index in [1.54, 1.807) is 6.07 Å². The molecule has 92 valence electrons. The highest BCUT2D eigenvalue weighted by Crippen LogP contribution is 2.22. The summed E-state index contributed by atoms with van der Waals surface area (Å²) in [6.07, 6.45) is 0. The second-order valence-corrected chi connectivity index (χ2v) is 5.13. The zero-order valence-corrected chi connectivity index (χ0v) is 10.5. The summed E-state index contributed by atoms with van der Waals surface area (Å²) >= 11 is 1.96. The van der Waals surface area contributed by atoms with Gasteiger partial charge in [-0.2, -0.15) is 11.8 Å². The number of hydrogen-bond donors (Lipinski definition) is 2. The Morgan fingerprint density at radius 3 is 3.18 bits per heavy atom. The molecule has 6 heteroatoms. The summed E-state index contributed by atoms with van der Waals surface area (Å²) in [5.41, 5.74) is 6.05. The van der Waals surface area contributed by atoms with Gasteiger partial charge in [0.1, 0.15) is 11.5 Å². The summed E-state index contributed by atoms with van der Waals surface area (Å²) in [6, 6.07) is 6.04. The van der Waals surface area contributed by atoms with Crippen molar-refractivity contribution in [2.75, 3.05) is 23.0 Å². The maximum atomic E-state index is 8.65. The first kappa shape index (κ1) is 12.0. The molecule has 0 amide bonds. The second kappa shape index (κ2) is 5.27. The fourth-order valence-corrected chi connectivity index (χ4v) is 2.86. The smallest absolute Gasteiger partial charge is 0.188 e. The van der Waals surface area contributed by atoms with Crippen molar-refractivity contribution in [3.63, 3.8) is 0 Å². The minimum absolute atomic E-state index is 0.0471. The molecule has 0 spiro atoms. The molecule has 0 aliphatic carbocycles. The summed E-state index contributed by atoms with van der Waals surface area (Å²) in [7, 11) is 0. The molecule has 0 radical (unpaired) electrons. The summed E-state index contributed by atoms with van der Waals surface area (Å²) < 4.78 is 0. The lowest BCUT2D eigenvalue weighted by molar-refractivity contribution is 0.318. The monoisotopic (exact) mass is 252 g/mol. The van der Waals surface area contributed by atoms with Crippen molar-refractivity contribution >= 4 is 23.4 Å². The highest BCUT2D eigenvalue weighted by molar-refractivity contribution is 7.99. The van der Waals surface area contributed by atoms with Crippen LogP contribution in [-0.2, 0) is 0 Å². The molecule has 2 heterocycles. The van der Waals surface area contributed by atoms with Crippen molar-refractivity contribution in [2.24, 2.45) is 10.9 Å². The van der Waals surface area contributed by atoms with Crippen molar-refractivity contribution in [1.82, 2.24) is 4.98 Å². The number of rotatable bonds is 2. The largest absolute Gasteiger partial charge is 0.409 e. The third-order valence-corrected chi connectivity index (χ3v) is 3.96. The lowest BCUT2D eigenvalue weighted by atomic mass is 10.2. The number of nitrogens with two attached hydrogens (primary N) is 1. The van der Waals surface area contributed by atoms with Crippen molar-refractivity contribution in [1.29, 1.82) is 0 Å². The molecule has 1 aliphatic rings. The van der Waals surface area contributed by atoms with E-state index in [0.29, 0.717) is 11.7 Å². The van der Waals surface area contributed by atoms with E-state index in [4.69, 9.17) is 10.9 Å². The highest BCUT2D eigenvalue weighted by atomic mass is 32.2. The van der Waals surface area contributed by atoms with Crippen molar-refractivity contribution in [3.8, 4) is 0 Å². The fraction of sp³-hybridized carbons (Fsp3) is 0.455. The Balaban J connectivity index is 2.26. The number of pyridine rings is 1. The Bertz CT molecular complexity index is 424. The van der Waals surface area contributed by atoms with E-state index in [2.05, 4.69) is 22.0 Å². The molecule has 2 rings (SSSR count). The molecule has 1 unspecified atom stereocenters. The molecule has 0 aromatic carbocycles. The molecule has 1 fully saturated rings. The number of oxime groups is 1. The van der Waals surface area contributed by atoms with E-state index >= 15 is 0 Å². The van der Waals surface area contributed by atoms with E-state index in [0.717, 1.165) is 23.9 Å². The van der Waals surface area contributed by atoms with Crippen LogP contribution in [0.4, 0.5) is 5.82 Å². The topological polar surface area (TPSA) is 74.7 Å². The van der Waals surface area contributed by atoms with E-state index in [9.17, 15) is 0 Å². The van der Waals surface area contributed by atoms with Crippen LogP contribution in [0.3, 0.4) is 0 Å². The Kier molecular flexibility index (Phi) is 3.73. The number of aromatic nitrogens is 1. The van der Waals surface area contributed by atoms with Gasteiger partial charge in [-0.25, -0.2) is 4.98 Å². The van der Waals surface area contributed by atoms with Crippen molar-refractivity contribution in [3.05, 3.63) is 23.9 Å². The SMILES string of the molecule is CC1CSCCN1c1cccc(C(N)=NO)n1. The Morgan fingerprint density at radius 1 is 1.65 bits per heavy atom. The first-order valence-corrected chi connectivity index (χ1v) is 6.67. The van der Waals surface area contributed by atoms with Gasteiger partial charge in [0.2, 0.25) is 0 Å². The molecule has 17 heavy (non-hydrogen) atoms. The normalized spacial score (nSPS) is 21.6. The van der Waals surface area contributed by atoms with Crippen LogP contribution in [0.1, 0.15) is 12.6 Å². The number of amidine groups is 1. The standard InChI is InChI=1S/C11H16N4OS/c1-8-7-17-6-5-15(8)10-4-2-3-9(13-10)11(12)14-16/h2-4,8,16H,5-7H2,1H3,(H2,12,14). The maximum absolute atomic E-state index is 8.65. The van der Waals surface area contributed by atoms with Gasteiger partial charge >= 0.3 is 0 Å². The van der Waals surface area contributed by atoms with Crippen LogP contribution in [-0.4, -0.2) is 40.1 Å². The van der Waals surface area contributed by atoms with E-state index in [-0.39, 0.29) is 5.84 Å². The quantitative estimate of drug-likeness (QED) is 0.357. The van der Waals surface area contributed by atoms with Gasteiger partial charge in [-0.15, -0.1) is 0 Å². The Morgan fingerprint density at radius 2 is 2.47 bits per heavy atom. The van der Waals surface area contributed by atoms with Crippen LogP contribution >= 0.6 is 11.8 Å². The van der Waals surface area contributed by atoms with Crippen molar-refractivity contribution < 1.29 is 5.21 Å². The van der Waals surface area contributed by atoms with Gasteiger partial charge in [0.05, 0.1) is 0 Å². The minimum Gasteiger partial charge on any atom is -0.409 e. The molecule has 1 atom stereocenters. The third kappa shape index (κ3) is 2.63. The molecule has 1 aromatic rings. The van der Waals surface area contributed by atoms with Crippen molar-refractivity contribution in [2.45, 2.75) is 13.0 Å². The van der Waals surface area contributed by atoms with Gasteiger partial charge in [-0.1, -0.05) is 11.2 Å². The molecule has 5 nitrogen and oxygen atoms in total. The number of thioether (sulfide) groups is 1. The predicted octanol–water partition coefficient (Wildman–Crippen LogP) is 1.12. The van der Waals surface area contributed by atoms with E-state index < -0.39 is 0 Å². The number of hydrogen-bond acceptors (Lipinski definition) is 5. The average molecular weight is 252 g/mol. The molecular weight excluding hydrogens is 236 g/mol. The lowest BCUT2D eigenvalue weighted by Gasteiger charge is -2.34. The Hall–Kier alpha value is -1.43. The molecular formula is C11H16N4OS. The first-order valence-electron chi connectivity index (χ1n) is 5.51. The zero-order valence-electron chi connectivity index (χ0n) is 9.71. The van der Waals surface area contributed by atoms with Crippen LogP contribution in [0, 0.1) is 0 Å². The van der Waals surface area contributed by atoms with E-state index in [1.165, 1.54) is 0 Å². The van der Waals surface area contributed by atoms with Crippen LogP contribution in [0.15, 0.2) is 23.4 Å². The minimum atomic E-state index is 0.0471. The van der Waals surface area contributed by atoms with Crippen LogP contribution < -0.4 is 10.6 Å². The summed E-state index contributed by atoms with van der Waals surface area (Å²) in [5.74, 6) is 3.16. The zero-order chi connectivity index (χ0) is 12.3. The van der Waals surface area contributed by atoms with Gasteiger partial charge in [0, 0.05) is 24.1 Å². The summed E-state index contributed by atoms with van der Waals surface area (Å²) in [5, 5.41) is 11.6. The fourth-order valence-electron chi connectivity index (χ4n) is 1.84. The van der Waals surface area contributed by atoms with E-state index in [1.807, 2.05) is 23.9 Å². The predicted molar refractivity (Wildman–Crippen MR) is 70.9 cm³/mol. The second-order valence-electron chi connectivity index (χ2n) is 3.98. The molecule has 1 saturated heterocycles. The van der Waals surface area contributed by atoms with Gasteiger partial charge < -0.3 is 15.8 Å². The number of anilines is 1. The molecule has 0 saturated carbocycles. The van der Waals surface area contributed by atoms with Crippen LogP contribution in [0.5, 0.6) is 0 Å². The first-order chi connectivity index (χ1) is 8.22. The average Bonchev–Trinajstić information content (AvgIpc) is 2.38. The molecule has 0 bridgehead atoms. The van der Waals surface area contributed by atoms with Gasteiger partial charge in [0.25, 0.3) is 0 Å². The third-order valence-electron chi connectivity index (χ3n) is 2.77. The number of nitrogens with zero attached hydrogens (tertiary/aromatic N) is 3. The maximum Gasteiger partial charge on any atom is 0.188 e. The van der Waals surface area contributed by atoms with Gasteiger partial charge in [-0.05, 0) is 19.1 Å². The van der Waals surface area contributed by atoms with Crippen LogP contribution in [0.2, 0.25) is 0 Å². The molecule has 3 N–H and O–H groups in total. The summed E-state index contributed by atoms with van der Waals surface area (Å²) in [6.45, 7) is 3.17. The molecule has 1 aliphatic heterocycles.